The fourth-order valence-electron chi connectivity index (χ4n) is 3.48. The molecule has 0 atom stereocenters. The molecule has 4 rings (SSSR count). The predicted molar refractivity (Wildman–Crippen MR) is 135 cm³/mol. The van der Waals surface area contributed by atoms with Crippen molar-refractivity contribution in [3.8, 4) is 11.1 Å². The molecule has 37 heavy (non-hydrogen) atoms. The summed E-state index contributed by atoms with van der Waals surface area (Å²) >= 11 is 1.21. The Bertz CT molecular complexity index is 1420. The lowest BCUT2D eigenvalue weighted by molar-refractivity contribution is -0.137. The molecule has 0 aliphatic heterocycles. The van der Waals surface area contributed by atoms with Crippen molar-refractivity contribution in [2.24, 2.45) is 0 Å². The van der Waals surface area contributed by atoms with Gasteiger partial charge >= 0.3 is 6.18 Å². The number of carbonyl (C=O) groups excluding carboxylic acids is 3. The normalized spacial score (nSPS) is 11.0. The van der Waals surface area contributed by atoms with E-state index in [1.807, 2.05) is 0 Å². The number of carbonyl (C=O) groups is 3. The maximum Gasteiger partial charge on any atom is 0.416 e. The predicted octanol–water partition coefficient (Wildman–Crippen LogP) is 5.83. The van der Waals surface area contributed by atoms with Gasteiger partial charge in [-0.2, -0.15) is 13.2 Å². The molecule has 0 unspecified atom stereocenters. The summed E-state index contributed by atoms with van der Waals surface area (Å²) in [7, 11) is 0. The second-order valence-electron chi connectivity index (χ2n) is 7.78. The van der Waals surface area contributed by atoms with Crippen LogP contribution in [-0.2, 0) is 22.2 Å². The zero-order valence-corrected chi connectivity index (χ0v) is 19.8. The molecule has 3 amide bonds. The number of aromatic nitrogens is 1. The molecule has 1 aromatic heterocycles. The number of nitrogens with zero attached hydrogens (tertiary/aromatic N) is 1. The van der Waals surface area contributed by atoms with E-state index < -0.39 is 17.6 Å². The van der Waals surface area contributed by atoms with Gasteiger partial charge in [0, 0.05) is 22.3 Å². The Morgan fingerprint density at radius 2 is 1.54 bits per heavy atom. The highest BCUT2D eigenvalue weighted by Gasteiger charge is 2.30. The van der Waals surface area contributed by atoms with Gasteiger partial charge in [0.05, 0.1) is 17.7 Å². The van der Waals surface area contributed by atoms with Gasteiger partial charge in [0.15, 0.2) is 5.13 Å². The molecular formula is C26H19F3N4O3S. The lowest BCUT2D eigenvalue weighted by Gasteiger charge is -2.12. The molecule has 7 nitrogen and oxygen atoms in total. The smallest absolute Gasteiger partial charge is 0.326 e. The lowest BCUT2D eigenvalue weighted by atomic mass is 9.98. The lowest BCUT2D eigenvalue weighted by Crippen LogP contribution is -2.15. The highest BCUT2D eigenvalue weighted by Crippen LogP contribution is 2.32. The summed E-state index contributed by atoms with van der Waals surface area (Å²) < 4.78 is 38.7. The van der Waals surface area contributed by atoms with E-state index in [2.05, 4.69) is 20.9 Å². The summed E-state index contributed by atoms with van der Waals surface area (Å²) in [6.07, 6.45) is -3.91. The molecule has 0 radical (unpaired) electrons. The Kier molecular flexibility index (Phi) is 7.63. The number of rotatable bonds is 8. The maximum absolute atomic E-state index is 13.0. The van der Waals surface area contributed by atoms with Gasteiger partial charge in [-0.3, -0.25) is 14.4 Å². The van der Waals surface area contributed by atoms with E-state index in [9.17, 15) is 27.6 Å². The third-order valence-electron chi connectivity index (χ3n) is 5.20. The molecule has 1 heterocycles. The van der Waals surface area contributed by atoms with E-state index in [1.165, 1.54) is 23.5 Å². The fourth-order valence-corrected chi connectivity index (χ4v) is 4.15. The minimum atomic E-state index is -4.44. The van der Waals surface area contributed by atoms with Gasteiger partial charge in [0.1, 0.15) is 0 Å². The van der Waals surface area contributed by atoms with Crippen LogP contribution in [0.4, 0.5) is 29.7 Å². The Morgan fingerprint density at radius 3 is 2.19 bits per heavy atom. The first kappa shape index (κ1) is 25.6. The van der Waals surface area contributed by atoms with Crippen LogP contribution < -0.4 is 16.0 Å². The Morgan fingerprint density at radius 1 is 0.892 bits per heavy atom. The van der Waals surface area contributed by atoms with Crippen molar-refractivity contribution in [3.63, 3.8) is 0 Å². The van der Waals surface area contributed by atoms with Gasteiger partial charge in [-0.15, -0.1) is 11.3 Å². The summed E-state index contributed by atoms with van der Waals surface area (Å²) in [6.45, 7) is 0. The largest absolute Gasteiger partial charge is 0.416 e. The minimum absolute atomic E-state index is 0.0241. The molecule has 188 valence electrons. The van der Waals surface area contributed by atoms with Crippen LogP contribution in [0.1, 0.15) is 21.6 Å². The van der Waals surface area contributed by atoms with Crippen LogP contribution in [0, 0.1) is 0 Å². The number of hydrogen-bond acceptors (Lipinski definition) is 5. The van der Waals surface area contributed by atoms with E-state index in [-0.39, 0.29) is 12.3 Å². The fraction of sp³-hybridized carbons (Fsp3) is 0.0769. The average molecular weight is 525 g/mol. The van der Waals surface area contributed by atoms with Crippen LogP contribution in [0.2, 0.25) is 0 Å². The van der Waals surface area contributed by atoms with E-state index in [0.717, 1.165) is 12.1 Å². The zero-order chi connectivity index (χ0) is 26.4. The SMILES string of the molecule is O=CNc1nc(CC(=O)Nc2ccc(NC(=O)c3ccccc3-c3ccc(C(F)(F)F)cc3)cc2)cs1. The number of halogens is 3. The molecule has 11 heteroatoms. The third-order valence-corrected chi connectivity index (χ3v) is 6.02. The first-order valence-corrected chi connectivity index (χ1v) is 11.7. The first-order valence-electron chi connectivity index (χ1n) is 10.9. The number of thiazole rings is 1. The molecule has 0 spiro atoms. The van der Waals surface area contributed by atoms with Crippen molar-refractivity contribution in [1.29, 1.82) is 0 Å². The zero-order valence-electron chi connectivity index (χ0n) is 19.0. The van der Waals surface area contributed by atoms with Crippen LogP contribution in [0.25, 0.3) is 11.1 Å². The summed E-state index contributed by atoms with van der Waals surface area (Å²) in [4.78, 5) is 39.8. The number of anilines is 3. The Hall–Kier alpha value is -4.51. The Labute approximate surface area is 213 Å². The van der Waals surface area contributed by atoms with Gasteiger partial charge in [-0.05, 0) is 53.6 Å². The van der Waals surface area contributed by atoms with Crippen molar-refractivity contribution in [2.75, 3.05) is 16.0 Å². The minimum Gasteiger partial charge on any atom is -0.326 e. The highest BCUT2D eigenvalue weighted by atomic mass is 32.1. The summed E-state index contributed by atoms with van der Waals surface area (Å²) in [5.41, 5.74) is 1.99. The summed E-state index contributed by atoms with van der Waals surface area (Å²) in [5.74, 6) is -0.735. The molecule has 0 fully saturated rings. The van der Waals surface area contributed by atoms with Gasteiger partial charge in [0.25, 0.3) is 5.91 Å². The van der Waals surface area contributed by atoms with Crippen molar-refractivity contribution in [2.45, 2.75) is 12.6 Å². The molecule has 0 saturated carbocycles. The van der Waals surface area contributed by atoms with E-state index >= 15 is 0 Å². The van der Waals surface area contributed by atoms with Crippen molar-refractivity contribution in [1.82, 2.24) is 4.98 Å². The second-order valence-corrected chi connectivity index (χ2v) is 8.64. The first-order chi connectivity index (χ1) is 17.7. The number of amides is 3. The summed E-state index contributed by atoms with van der Waals surface area (Å²) in [6, 6.07) is 17.7. The maximum atomic E-state index is 13.0. The molecule has 3 N–H and O–H groups in total. The van der Waals surface area contributed by atoms with Crippen molar-refractivity contribution in [3.05, 3.63) is 95.0 Å². The number of hydrogen-bond donors (Lipinski definition) is 3. The van der Waals surface area contributed by atoms with E-state index in [0.29, 0.717) is 45.3 Å². The van der Waals surface area contributed by atoms with Gasteiger partial charge in [-0.1, -0.05) is 30.3 Å². The van der Waals surface area contributed by atoms with E-state index in [4.69, 9.17) is 0 Å². The number of alkyl halides is 3. The van der Waals surface area contributed by atoms with Crippen LogP contribution >= 0.6 is 11.3 Å². The van der Waals surface area contributed by atoms with Crippen LogP contribution in [0.3, 0.4) is 0 Å². The molecule has 0 bridgehead atoms. The van der Waals surface area contributed by atoms with Gasteiger partial charge in [-0.25, -0.2) is 4.98 Å². The highest BCUT2D eigenvalue weighted by molar-refractivity contribution is 7.13. The topological polar surface area (TPSA) is 100 Å². The molecule has 3 aromatic carbocycles. The standard InChI is InChI=1S/C26H19F3N4O3S/c27-26(28,29)17-7-5-16(6-8-17)21-3-1-2-4-22(21)24(36)32-19-11-9-18(10-12-19)31-23(35)13-20-14-37-25(33-20)30-15-34/h1-12,14-15H,13H2,(H,31,35)(H,32,36)(H,30,33,34). The number of nitrogens with one attached hydrogen (secondary N) is 3. The molecular weight excluding hydrogens is 505 g/mol. The second kappa shape index (κ2) is 11.0. The monoisotopic (exact) mass is 524 g/mol. The third kappa shape index (κ3) is 6.58. The molecule has 0 aliphatic carbocycles. The van der Waals surface area contributed by atoms with Crippen molar-refractivity contribution < 1.29 is 27.6 Å². The van der Waals surface area contributed by atoms with Crippen LogP contribution in [0.15, 0.2) is 78.2 Å². The van der Waals surface area contributed by atoms with E-state index in [1.54, 1.807) is 53.9 Å². The average Bonchev–Trinajstić information content (AvgIpc) is 3.31. The van der Waals surface area contributed by atoms with Crippen LogP contribution in [-0.4, -0.2) is 23.2 Å². The van der Waals surface area contributed by atoms with Gasteiger partial charge < -0.3 is 16.0 Å². The number of benzene rings is 3. The molecule has 4 aromatic rings. The molecule has 0 saturated heterocycles. The molecule has 0 aliphatic rings. The van der Waals surface area contributed by atoms with Gasteiger partial charge in [0.2, 0.25) is 12.3 Å². The quantitative estimate of drug-likeness (QED) is 0.253. The summed E-state index contributed by atoms with van der Waals surface area (Å²) in [5, 5.41) is 9.99. The Balaban J connectivity index is 1.40. The van der Waals surface area contributed by atoms with Crippen molar-refractivity contribution >= 4 is 46.1 Å². The van der Waals surface area contributed by atoms with Crippen LogP contribution in [0.5, 0.6) is 0 Å².